The Labute approximate surface area is 114 Å². The smallest absolute Gasteiger partial charge is 0.314 e. The maximum absolute atomic E-state index is 12.1. The van der Waals surface area contributed by atoms with Crippen LogP contribution < -0.4 is 5.32 Å². The molecule has 0 spiro atoms. The minimum atomic E-state index is -0.931. The molecule has 1 fully saturated rings. The predicted molar refractivity (Wildman–Crippen MR) is 71.5 cm³/mol. The Morgan fingerprint density at radius 2 is 2.05 bits per heavy atom. The van der Waals surface area contributed by atoms with Crippen LogP contribution in [0.5, 0.6) is 0 Å². The summed E-state index contributed by atoms with van der Waals surface area (Å²) in [7, 11) is 0. The summed E-state index contributed by atoms with van der Waals surface area (Å²) < 4.78 is 5.20. The standard InChI is InChI=1S/C14H23NO4/c1-4-6-14(7-5-2)11(9-19-13(14)18)15-10(3)8-12(16)17/h11,15H,3-9H2,1-2H3,(H,16,17)/t11-/m1/s1. The first-order valence-electron chi connectivity index (χ1n) is 6.79. The van der Waals surface area contributed by atoms with E-state index in [0.29, 0.717) is 5.70 Å². The van der Waals surface area contributed by atoms with Gasteiger partial charge in [-0.25, -0.2) is 0 Å². The minimum absolute atomic E-state index is 0.140. The molecule has 5 nitrogen and oxygen atoms in total. The maximum atomic E-state index is 12.1. The van der Waals surface area contributed by atoms with Gasteiger partial charge in [0.1, 0.15) is 6.61 Å². The highest BCUT2D eigenvalue weighted by molar-refractivity contribution is 5.80. The van der Waals surface area contributed by atoms with Gasteiger partial charge < -0.3 is 15.2 Å². The number of hydrogen-bond acceptors (Lipinski definition) is 4. The van der Waals surface area contributed by atoms with Crippen LogP contribution in [0, 0.1) is 5.41 Å². The molecule has 1 aliphatic rings. The Morgan fingerprint density at radius 1 is 1.47 bits per heavy atom. The average Bonchev–Trinajstić information content (AvgIpc) is 2.58. The fourth-order valence-electron chi connectivity index (χ4n) is 2.83. The van der Waals surface area contributed by atoms with E-state index in [9.17, 15) is 9.59 Å². The first-order chi connectivity index (χ1) is 8.96. The number of hydrogen-bond donors (Lipinski definition) is 2. The number of esters is 1. The Hall–Kier alpha value is -1.52. The zero-order chi connectivity index (χ0) is 14.5. The second kappa shape index (κ2) is 6.59. The normalized spacial score (nSPS) is 20.9. The van der Waals surface area contributed by atoms with Crippen molar-refractivity contribution < 1.29 is 19.4 Å². The van der Waals surface area contributed by atoms with Crippen LogP contribution in [-0.4, -0.2) is 29.7 Å². The molecule has 0 aromatic heterocycles. The Kier molecular flexibility index (Phi) is 5.39. The molecule has 1 heterocycles. The topological polar surface area (TPSA) is 75.6 Å². The van der Waals surface area contributed by atoms with Gasteiger partial charge in [0.2, 0.25) is 0 Å². The molecule has 19 heavy (non-hydrogen) atoms. The number of carboxylic acids is 1. The van der Waals surface area contributed by atoms with Crippen molar-refractivity contribution in [3.8, 4) is 0 Å². The van der Waals surface area contributed by atoms with E-state index in [-0.39, 0.29) is 25.0 Å². The van der Waals surface area contributed by atoms with Gasteiger partial charge in [-0.05, 0) is 12.8 Å². The lowest BCUT2D eigenvalue weighted by atomic mass is 9.74. The van der Waals surface area contributed by atoms with E-state index in [2.05, 4.69) is 11.9 Å². The first-order valence-corrected chi connectivity index (χ1v) is 6.79. The SMILES string of the molecule is C=C(CC(=O)O)N[C@@H]1COC(=O)C1(CCC)CCC. The van der Waals surface area contributed by atoms with Gasteiger partial charge in [0.15, 0.2) is 0 Å². The molecule has 2 N–H and O–H groups in total. The van der Waals surface area contributed by atoms with Crippen LogP contribution in [-0.2, 0) is 14.3 Å². The van der Waals surface area contributed by atoms with Crippen LogP contribution in [0.1, 0.15) is 46.0 Å². The van der Waals surface area contributed by atoms with Crippen LogP contribution in [0.25, 0.3) is 0 Å². The molecule has 0 unspecified atom stereocenters. The molecule has 0 bridgehead atoms. The number of cyclic esters (lactones) is 1. The molecule has 0 amide bonds. The van der Waals surface area contributed by atoms with Gasteiger partial charge in [-0.2, -0.15) is 0 Å². The lowest BCUT2D eigenvalue weighted by Gasteiger charge is -2.31. The summed E-state index contributed by atoms with van der Waals surface area (Å²) in [4.78, 5) is 22.7. The van der Waals surface area contributed by atoms with Crippen molar-refractivity contribution in [3.05, 3.63) is 12.3 Å². The zero-order valence-corrected chi connectivity index (χ0v) is 11.7. The second-order valence-electron chi connectivity index (χ2n) is 5.13. The van der Waals surface area contributed by atoms with E-state index in [1.807, 2.05) is 13.8 Å². The number of carboxylic acid groups (broad SMARTS) is 1. The van der Waals surface area contributed by atoms with Crippen molar-refractivity contribution in [2.75, 3.05) is 6.61 Å². The minimum Gasteiger partial charge on any atom is -0.481 e. The zero-order valence-electron chi connectivity index (χ0n) is 11.7. The largest absolute Gasteiger partial charge is 0.481 e. The van der Waals surface area contributed by atoms with Crippen LogP contribution >= 0.6 is 0 Å². The van der Waals surface area contributed by atoms with E-state index >= 15 is 0 Å². The fraction of sp³-hybridized carbons (Fsp3) is 0.714. The van der Waals surface area contributed by atoms with Gasteiger partial charge in [-0.3, -0.25) is 9.59 Å². The number of aliphatic carboxylic acids is 1. The molecule has 1 atom stereocenters. The van der Waals surface area contributed by atoms with E-state index in [1.54, 1.807) is 0 Å². The fourth-order valence-corrected chi connectivity index (χ4v) is 2.83. The molecular weight excluding hydrogens is 246 g/mol. The highest BCUT2D eigenvalue weighted by atomic mass is 16.5. The number of ether oxygens (including phenoxy) is 1. The van der Waals surface area contributed by atoms with Crippen molar-refractivity contribution >= 4 is 11.9 Å². The molecule has 108 valence electrons. The monoisotopic (exact) mass is 269 g/mol. The number of carbonyl (C=O) groups excluding carboxylic acids is 1. The molecule has 1 saturated heterocycles. The number of rotatable bonds is 8. The molecule has 1 rings (SSSR count). The molecule has 1 aliphatic heterocycles. The Bertz CT molecular complexity index is 358. The van der Waals surface area contributed by atoms with Crippen molar-refractivity contribution in [2.24, 2.45) is 5.41 Å². The average molecular weight is 269 g/mol. The molecule has 0 aliphatic carbocycles. The molecular formula is C14H23NO4. The lowest BCUT2D eigenvalue weighted by Crippen LogP contribution is -2.45. The van der Waals surface area contributed by atoms with Gasteiger partial charge >= 0.3 is 11.9 Å². The van der Waals surface area contributed by atoms with Crippen LogP contribution in [0.3, 0.4) is 0 Å². The lowest BCUT2D eigenvalue weighted by molar-refractivity contribution is -0.147. The quantitative estimate of drug-likeness (QED) is 0.660. The Balaban J connectivity index is 2.81. The first kappa shape index (κ1) is 15.5. The van der Waals surface area contributed by atoms with Crippen LogP contribution in [0.2, 0.25) is 0 Å². The van der Waals surface area contributed by atoms with Crippen LogP contribution in [0.15, 0.2) is 12.3 Å². The maximum Gasteiger partial charge on any atom is 0.314 e. The second-order valence-corrected chi connectivity index (χ2v) is 5.13. The summed E-state index contributed by atoms with van der Waals surface area (Å²) >= 11 is 0. The van der Waals surface area contributed by atoms with E-state index in [1.165, 1.54) is 0 Å². The molecule has 0 saturated carbocycles. The van der Waals surface area contributed by atoms with E-state index in [4.69, 9.17) is 9.84 Å². The van der Waals surface area contributed by atoms with Gasteiger partial charge in [0.05, 0.1) is 17.9 Å². The highest BCUT2D eigenvalue weighted by Gasteiger charge is 2.51. The summed E-state index contributed by atoms with van der Waals surface area (Å²) in [5.74, 6) is -1.10. The third kappa shape index (κ3) is 3.49. The van der Waals surface area contributed by atoms with Crippen molar-refractivity contribution in [2.45, 2.75) is 52.0 Å². The molecule has 0 radical (unpaired) electrons. The van der Waals surface area contributed by atoms with Crippen molar-refractivity contribution in [1.29, 1.82) is 0 Å². The number of nitrogens with one attached hydrogen (secondary N) is 1. The highest BCUT2D eigenvalue weighted by Crippen LogP contribution is 2.40. The predicted octanol–water partition coefficient (Wildman–Crippen LogP) is 2.08. The van der Waals surface area contributed by atoms with Crippen molar-refractivity contribution in [3.63, 3.8) is 0 Å². The Morgan fingerprint density at radius 3 is 2.53 bits per heavy atom. The van der Waals surface area contributed by atoms with Crippen LogP contribution in [0.4, 0.5) is 0 Å². The van der Waals surface area contributed by atoms with E-state index < -0.39 is 11.4 Å². The van der Waals surface area contributed by atoms with Gasteiger partial charge in [0.25, 0.3) is 0 Å². The number of carbonyl (C=O) groups is 2. The summed E-state index contributed by atoms with van der Waals surface area (Å²) in [5.41, 5.74) is -0.113. The summed E-state index contributed by atoms with van der Waals surface area (Å²) in [6, 6.07) is -0.174. The van der Waals surface area contributed by atoms with E-state index in [0.717, 1.165) is 25.7 Å². The molecule has 0 aromatic rings. The van der Waals surface area contributed by atoms with Gasteiger partial charge in [-0.15, -0.1) is 0 Å². The molecule has 0 aromatic carbocycles. The van der Waals surface area contributed by atoms with Gasteiger partial charge in [0, 0.05) is 5.70 Å². The summed E-state index contributed by atoms with van der Waals surface area (Å²) in [6.45, 7) is 8.07. The summed E-state index contributed by atoms with van der Waals surface area (Å²) in [6.07, 6.45) is 3.13. The third-order valence-electron chi connectivity index (χ3n) is 3.59. The summed E-state index contributed by atoms with van der Waals surface area (Å²) in [5, 5.41) is 11.8. The molecule has 5 heteroatoms. The third-order valence-corrected chi connectivity index (χ3v) is 3.59. The van der Waals surface area contributed by atoms with Crippen molar-refractivity contribution in [1.82, 2.24) is 5.32 Å². The van der Waals surface area contributed by atoms with Gasteiger partial charge in [-0.1, -0.05) is 33.3 Å².